The molecule has 1 aliphatic heterocycles. The second-order valence-electron chi connectivity index (χ2n) is 8.26. The van der Waals surface area contributed by atoms with Gasteiger partial charge in [-0.05, 0) is 86.2 Å². The maximum atomic E-state index is 13.3. The largest absolute Gasteiger partial charge is 0.497 e. The summed E-state index contributed by atoms with van der Waals surface area (Å²) >= 11 is 0. The summed E-state index contributed by atoms with van der Waals surface area (Å²) < 4.78 is 53.3. The molecule has 0 spiro atoms. The molecule has 1 amide bonds. The van der Waals surface area contributed by atoms with Crippen molar-refractivity contribution in [3.05, 3.63) is 48.5 Å². The van der Waals surface area contributed by atoms with Crippen LogP contribution in [0.25, 0.3) is 0 Å². The lowest BCUT2D eigenvalue weighted by Gasteiger charge is -2.35. The van der Waals surface area contributed by atoms with E-state index in [1.165, 1.54) is 7.11 Å². The van der Waals surface area contributed by atoms with Crippen LogP contribution >= 0.6 is 7.12 Å². The first-order valence-electron chi connectivity index (χ1n) is 11.3. The predicted molar refractivity (Wildman–Crippen MR) is 139 cm³/mol. The molecule has 0 aromatic heterocycles. The SMILES string of the molecule is COc1ccc(S(=O)(=O)CCCCOc2ccc(P(C)S(=O)C3(C(N)=O)CCOCC3)cc2)cc1. The van der Waals surface area contributed by atoms with Crippen LogP contribution in [-0.2, 0) is 29.8 Å². The van der Waals surface area contributed by atoms with Crippen molar-refractivity contribution in [2.45, 2.75) is 35.3 Å². The number of unbranched alkanes of at least 4 members (excludes halogenated alkanes) is 1. The fourth-order valence-corrected chi connectivity index (χ4v) is 10.5. The van der Waals surface area contributed by atoms with E-state index in [4.69, 9.17) is 19.9 Å². The van der Waals surface area contributed by atoms with Gasteiger partial charge in [-0.15, -0.1) is 0 Å². The summed E-state index contributed by atoms with van der Waals surface area (Å²) in [7, 11) is -4.37. The number of ether oxygens (including phenoxy) is 3. The molecule has 8 nitrogen and oxygen atoms in total. The highest BCUT2D eigenvalue weighted by Gasteiger charge is 2.46. The zero-order valence-corrected chi connectivity index (χ0v) is 22.5. The summed E-state index contributed by atoms with van der Waals surface area (Å²) in [6.07, 6.45) is 1.81. The van der Waals surface area contributed by atoms with E-state index in [0.717, 1.165) is 5.30 Å². The molecule has 1 aliphatic rings. The van der Waals surface area contributed by atoms with Crippen LogP contribution < -0.4 is 20.5 Å². The minimum atomic E-state index is -3.35. The lowest BCUT2D eigenvalue weighted by Crippen LogP contribution is -2.51. The number of primary amides is 1. The van der Waals surface area contributed by atoms with Crippen LogP contribution in [0, 0.1) is 0 Å². The smallest absolute Gasteiger partial charge is 0.236 e. The lowest BCUT2D eigenvalue weighted by atomic mass is 9.98. The Labute approximate surface area is 210 Å². The molecule has 1 fully saturated rings. The van der Waals surface area contributed by atoms with Gasteiger partial charge in [-0.1, -0.05) is 0 Å². The molecular formula is C24H32NO7PS2. The van der Waals surface area contributed by atoms with Gasteiger partial charge in [-0.3, -0.25) is 9.00 Å². The molecule has 1 heterocycles. The Kier molecular flexibility index (Phi) is 9.69. The van der Waals surface area contributed by atoms with Crippen molar-refractivity contribution >= 4 is 38.6 Å². The van der Waals surface area contributed by atoms with Gasteiger partial charge in [-0.2, -0.15) is 0 Å². The fraction of sp³-hybridized carbons (Fsp3) is 0.458. The Bertz CT molecular complexity index is 1120. The van der Waals surface area contributed by atoms with E-state index in [-0.39, 0.29) is 10.6 Å². The molecule has 2 N–H and O–H groups in total. The molecule has 0 saturated carbocycles. The number of rotatable bonds is 12. The van der Waals surface area contributed by atoms with Crippen molar-refractivity contribution in [3.63, 3.8) is 0 Å². The van der Waals surface area contributed by atoms with Crippen molar-refractivity contribution in [1.82, 2.24) is 0 Å². The average molecular weight is 542 g/mol. The quantitative estimate of drug-likeness (QED) is 0.324. The number of hydrogen-bond donors (Lipinski definition) is 1. The number of nitrogens with two attached hydrogens (primary N) is 1. The molecule has 0 aliphatic carbocycles. The number of carbonyl (C=O) groups excluding carboxylic acids is 1. The zero-order chi connectivity index (χ0) is 25.5. The van der Waals surface area contributed by atoms with Gasteiger partial charge in [0.05, 0.1) is 34.8 Å². The Hall–Kier alpha value is -2.00. The van der Waals surface area contributed by atoms with Crippen LogP contribution in [0.3, 0.4) is 0 Å². The Morgan fingerprint density at radius 2 is 1.66 bits per heavy atom. The van der Waals surface area contributed by atoms with Gasteiger partial charge < -0.3 is 19.9 Å². The van der Waals surface area contributed by atoms with Gasteiger partial charge >= 0.3 is 0 Å². The molecule has 11 heteroatoms. The summed E-state index contributed by atoms with van der Waals surface area (Å²) in [6, 6.07) is 13.7. The van der Waals surface area contributed by atoms with E-state index in [1.54, 1.807) is 36.4 Å². The highest BCUT2D eigenvalue weighted by atomic mass is 32.7. The van der Waals surface area contributed by atoms with Crippen LogP contribution in [0.5, 0.6) is 11.5 Å². The lowest BCUT2D eigenvalue weighted by molar-refractivity contribution is -0.122. The van der Waals surface area contributed by atoms with E-state index in [2.05, 4.69) is 0 Å². The number of amides is 1. The molecule has 1 saturated heterocycles. The molecule has 2 atom stereocenters. The Morgan fingerprint density at radius 1 is 1.06 bits per heavy atom. The normalized spacial score (nSPS) is 17.3. The molecule has 3 rings (SSSR count). The minimum absolute atomic E-state index is 0.0419. The Balaban J connectivity index is 1.48. The van der Waals surface area contributed by atoms with Crippen molar-refractivity contribution in [2.24, 2.45) is 5.73 Å². The standard InChI is InChI=1S/C24H32NO7PS2/c1-30-19-7-11-22(12-8-19)35(28,29)18-4-3-15-32-20-5-9-21(10-6-20)33(2)34(27)24(23(25)26)13-16-31-17-14-24/h5-12H,3-4,13-18H2,1-2H3,(H2,25,26). The third-order valence-corrected chi connectivity index (χ3v) is 13.8. The second-order valence-corrected chi connectivity index (χ2v) is 15.8. The van der Waals surface area contributed by atoms with Crippen LogP contribution in [0.2, 0.25) is 0 Å². The number of sulfone groups is 1. The van der Waals surface area contributed by atoms with E-state index >= 15 is 0 Å². The number of hydrogen-bond acceptors (Lipinski definition) is 7. The van der Waals surface area contributed by atoms with Gasteiger partial charge in [0.1, 0.15) is 16.2 Å². The van der Waals surface area contributed by atoms with Crippen LogP contribution in [-0.4, -0.2) is 62.6 Å². The van der Waals surface area contributed by atoms with Gasteiger partial charge in [0, 0.05) is 20.3 Å². The molecule has 2 aromatic rings. The van der Waals surface area contributed by atoms with Crippen LogP contribution in [0.1, 0.15) is 25.7 Å². The highest BCUT2D eigenvalue weighted by Crippen LogP contribution is 2.45. The molecule has 35 heavy (non-hydrogen) atoms. The third-order valence-electron chi connectivity index (χ3n) is 6.03. The van der Waals surface area contributed by atoms with Gasteiger partial charge in [0.25, 0.3) is 0 Å². The highest BCUT2D eigenvalue weighted by molar-refractivity contribution is 8.49. The first-order chi connectivity index (χ1) is 16.7. The molecule has 2 unspecified atom stereocenters. The summed E-state index contributed by atoms with van der Waals surface area (Å²) in [4.78, 5) is 12.4. The maximum absolute atomic E-state index is 13.3. The van der Waals surface area contributed by atoms with E-state index in [1.807, 2.05) is 18.8 Å². The summed E-state index contributed by atoms with van der Waals surface area (Å²) in [5.74, 6) is 0.778. The van der Waals surface area contributed by atoms with Crippen LogP contribution in [0.15, 0.2) is 53.4 Å². The van der Waals surface area contributed by atoms with Crippen molar-refractivity contribution in [2.75, 3.05) is 39.3 Å². The summed E-state index contributed by atoms with van der Waals surface area (Å²) in [6.45, 7) is 3.04. The topological polar surface area (TPSA) is 122 Å². The Morgan fingerprint density at radius 3 is 2.23 bits per heavy atom. The first-order valence-corrected chi connectivity index (χ1v) is 16.5. The summed E-state index contributed by atoms with van der Waals surface area (Å²) in [5.41, 5.74) is 5.65. The van der Waals surface area contributed by atoms with E-state index < -0.39 is 38.0 Å². The zero-order valence-electron chi connectivity index (χ0n) is 20.0. The number of methoxy groups -OCH3 is 1. The van der Waals surface area contributed by atoms with Gasteiger partial charge in [-0.25, -0.2) is 8.42 Å². The molecular weight excluding hydrogens is 509 g/mol. The number of benzene rings is 2. The monoisotopic (exact) mass is 541 g/mol. The predicted octanol–water partition coefficient (Wildman–Crippen LogP) is 2.76. The van der Waals surface area contributed by atoms with E-state index in [9.17, 15) is 17.4 Å². The first kappa shape index (κ1) is 27.6. The fourth-order valence-electron chi connectivity index (χ4n) is 3.80. The van der Waals surface area contributed by atoms with Crippen molar-refractivity contribution < 1.29 is 31.6 Å². The number of carbonyl (C=O) groups is 1. The molecule has 0 radical (unpaired) electrons. The van der Waals surface area contributed by atoms with Crippen molar-refractivity contribution in [3.8, 4) is 11.5 Å². The minimum Gasteiger partial charge on any atom is -0.497 e. The van der Waals surface area contributed by atoms with Crippen molar-refractivity contribution in [1.29, 1.82) is 0 Å². The molecule has 2 aromatic carbocycles. The average Bonchev–Trinajstić information content (AvgIpc) is 2.88. The maximum Gasteiger partial charge on any atom is 0.236 e. The van der Waals surface area contributed by atoms with Gasteiger partial charge in [0.2, 0.25) is 5.91 Å². The van der Waals surface area contributed by atoms with E-state index in [0.29, 0.717) is 57.0 Å². The molecule has 192 valence electrons. The van der Waals surface area contributed by atoms with Gasteiger partial charge in [0.15, 0.2) is 9.84 Å². The summed E-state index contributed by atoms with van der Waals surface area (Å²) in [5, 5.41) is 0.892. The third kappa shape index (κ3) is 6.82. The second kappa shape index (κ2) is 12.3. The molecule has 0 bridgehead atoms. The van der Waals surface area contributed by atoms with Crippen LogP contribution in [0.4, 0.5) is 0 Å².